The van der Waals surface area contributed by atoms with Crippen molar-refractivity contribution >= 4 is 22.8 Å². The van der Waals surface area contributed by atoms with Crippen molar-refractivity contribution in [3.05, 3.63) is 83.7 Å². The summed E-state index contributed by atoms with van der Waals surface area (Å²) < 4.78 is 0. The summed E-state index contributed by atoms with van der Waals surface area (Å²) in [6.45, 7) is 0.205. The summed E-state index contributed by atoms with van der Waals surface area (Å²) in [6, 6.07) is 17.7. The molecular formula is C21H14N4O2. The highest BCUT2D eigenvalue weighted by Crippen LogP contribution is 2.31. The zero-order chi connectivity index (χ0) is 18.4. The van der Waals surface area contributed by atoms with Crippen LogP contribution in [-0.2, 0) is 6.54 Å². The maximum atomic E-state index is 13.0. The molecule has 4 aromatic rings. The number of aromatic amines is 1. The van der Waals surface area contributed by atoms with Gasteiger partial charge in [-0.1, -0.05) is 54.6 Å². The second-order valence-electron chi connectivity index (χ2n) is 6.40. The van der Waals surface area contributed by atoms with Gasteiger partial charge in [0, 0.05) is 6.20 Å². The lowest BCUT2D eigenvalue weighted by molar-refractivity contribution is 0.0643. The molecule has 0 saturated heterocycles. The molecule has 0 aliphatic carbocycles. The Hall–Kier alpha value is -3.80. The molecule has 3 heterocycles. The van der Waals surface area contributed by atoms with E-state index in [1.54, 1.807) is 0 Å². The molecule has 5 rings (SSSR count). The third kappa shape index (κ3) is 2.34. The van der Waals surface area contributed by atoms with Crippen molar-refractivity contribution in [1.82, 2.24) is 20.1 Å². The molecule has 0 bridgehead atoms. The Labute approximate surface area is 154 Å². The van der Waals surface area contributed by atoms with Gasteiger partial charge < -0.3 is 0 Å². The molecule has 1 aliphatic rings. The Morgan fingerprint density at radius 3 is 2.48 bits per heavy atom. The lowest BCUT2D eigenvalue weighted by Gasteiger charge is -2.17. The van der Waals surface area contributed by atoms with E-state index in [-0.39, 0.29) is 18.4 Å². The lowest BCUT2D eigenvalue weighted by atomic mass is 9.99. The second kappa shape index (κ2) is 5.88. The van der Waals surface area contributed by atoms with Gasteiger partial charge in [0.15, 0.2) is 5.65 Å². The molecule has 6 nitrogen and oxygen atoms in total. The van der Waals surface area contributed by atoms with E-state index >= 15 is 0 Å². The van der Waals surface area contributed by atoms with Crippen LogP contribution in [-0.4, -0.2) is 31.9 Å². The summed E-state index contributed by atoms with van der Waals surface area (Å²) in [5.74, 6) is -0.639. The first-order valence-electron chi connectivity index (χ1n) is 8.55. The number of benzene rings is 2. The minimum atomic E-state index is -0.325. The SMILES string of the molecule is O=C1c2cnc3[nH]ncc3c2C(=O)N1Cc1ccccc1-c1ccccc1. The number of aromatic nitrogens is 3. The van der Waals surface area contributed by atoms with Gasteiger partial charge in [-0.2, -0.15) is 5.10 Å². The van der Waals surface area contributed by atoms with Crippen LogP contribution in [0.3, 0.4) is 0 Å². The van der Waals surface area contributed by atoms with Gasteiger partial charge in [0.2, 0.25) is 0 Å². The number of hydrogen-bond donors (Lipinski definition) is 1. The van der Waals surface area contributed by atoms with Crippen LogP contribution < -0.4 is 0 Å². The normalized spacial score (nSPS) is 13.4. The quantitative estimate of drug-likeness (QED) is 0.572. The highest BCUT2D eigenvalue weighted by atomic mass is 16.2. The third-order valence-corrected chi connectivity index (χ3v) is 4.85. The highest BCUT2D eigenvalue weighted by molar-refractivity contribution is 6.25. The summed E-state index contributed by atoms with van der Waals surface area (Å²) in [4.78, 5) is 31.3. The molecule has 0 unspecified atom stereocenters. The highest BCUT2D eigenvalue weighted by Gasteiger charge is 2.38. The van der Waals surface area contributed by atoms with Gasteiger partial charge >= 0.3 is 0 Å². The molecule has 0 fully saturated rings. The van der Waals surface area contributed by atoms with Crippen LogP contribution >= 0.6 is 0 Å². The Morgan fingerprint density at radius 1 is 0.852 bits per heavy atom. The van der Waals surface area contributed by atoms with E-state index in [2.05, 4.69) is 15.2 Å². The van der Waals surface area contributed by atoms with Gasteiger partial charge in [-0.3, -0.25) is 19.6 Å². The number of H-pyrrole nitrogens is 1. The van der Waals surface area contributed by atoms with Crippen molar-refractivity contribution < 1.29 is 9.59 Å². The van der Waals surface area contributed by atoms with Gasteiger partial charge in [0.05, 0.1) is 29.3 Å². The van der Waals surface area contributed by atoms with E-state index in [1.165, 1.54) is 17.3 Å². The average molecular weight is 354 g/mol. The molecule has 1 N–H and O–H groups in total. The molecule has 2 aromatic carbocycles. The number of rotatable bonds is 3. The number of pyridine rings is 1. The van der Waals surface area contributed by atoms with Crippen LogP contribution in [0.4, 0.5) is 0 Å². The molecule has 27 heavy (non-hydrogen) atoms. The molecule has 0 radical (unpaired) electrons. The summed E-state index contributed by atoms with van der Waals surface area (Å²) >= 11 is 0. The number of fused-ring (bicyclic) bond motifs is 3. The Morgan fingerprint density at radius 2 is 1.63 bits per heavy atom. The van der Waals surface area contributed by atoms with E-state index in [0.717, 1.165) is 16.7 Å². The van der Waals surface area contributed by atoms with Crippen LogP contribution in [0.25, 0.3) is 22.2 Å². The van der Waals surface area contributed by atoms with Crippen LogP contribution in [0.15, 0.2) is 67.0 Å². The van der Waals surface area contributed by atoms with Crippen LogP contribution in [0.1, 0.15) is 26.3 Å². The number of carbonyl (C=O) groups excluding carboxylic acids is 2. The van der Waals surface area contributed by atoms with E-state index in [4.69, 9.17) is 0 Å². The third-order valence-electron chi connectivity index (χ3n) is 4.85. The van der Waals surface area contributed by atoms with Crippen LogP contribution in [0, 0.1) is 0 Å². The van der Waals surface area contributed by atoms with Gasteiger partial charge in [-0.15, -0.1) is 0 Å². The van der Waals surface area contributed by atoms with Crippen molar-refractivity contribution in [2.75, 3.05) is 0 Å². The fourth-order valence-corrected chi connectivity index (χ4v) is 3.54. The number of nitrogens with zero attached hydrogens (tertiary/aromatic N) is 3. The molecule has 6 heteroatoms. The largest absolute Gasteiger partial charge is 0.270 e. The van der Waals surface area contributed by atoms with Gasteiger partial charge in [0.25, 0.3) is 11.8 Å². The maximum Gasteiger partial charge on any atom is 0.263 e. The summed E-state index contributed by atoms with van der Waals surface area (Å²) in [6.07, 6.45) is 2.98. The Kier molecular flexibility index (Phi) is 3.36. The molecule has 0 atom stereocenters. The standard InChI is InChI=1S/C21H14N4O2/c26-20-17-10-22-19-16(11-23-24-19)18(17)21(27)25(20)12-14-8-4-5-9-15(14)13-6-2-1-3-7-13/h1-11H,12H2,(H,22,23,24). The Balaban J connectivity index is 1.56. The smallest absolute Gasteiger partial charge is 0.263 e. The topological polar surface area (TPSA) is 79.0 Å². The first-order chi connectivity index (χ1) is 13.2. The minimum absolute atomic E-state index is 0.205. The molecule has 0 saturated carbocycles. The van der Waals surface area contributed by atoms with Crippen molar-refractivity contribution in [2.24, 2.45) is 0 Å². The van der Waals surface area contributed by atoms with Gasteiger partial charge in [0.1, 0.15) is 0 Å². The molecule has 2 amide bonds. The molecule has 0 spiro atoms. The number of amides is 2. The van der Waals surface area contributed by atoms with Crippen molar-refractivity contribution in [3.63, 3.8) is 0 Å². The summed E-state index contributed by atoms with van der Waals surface area (Å²) in [7, 11) is 0. The van der Waals surface area contributed by atoms with Crippen LogP contribution in [0.2, 0.25) is 0 Å². The minimum Gasteiger partial charge on any atom is -0.270 e. The number of imide groups is 1. The Bertz CT molecular complexity index is 1200. The molecule has 130 valence electrons. The van der Waals surface area contributed by atoms with Gasteiger partial charge in [-0.05, 0) is 16.7 Å². The lowest BCUT2D eigenvalue weighted by Crippen LogP contribution is -2.29. The average Bonchev–Trinajstić information content (AvgIpc) is 3.28. The van der Waals surface area contributed by atoms with E-state index in [1.807, 2.05) is 54.6 Å². The van der Waals surface area contributed by atoms with E-state index in [0.29, 0.717) is 22.2 Å². The van der Waals surface area contributed by atoms with Gasteiger partial charge in [-0.25, -0.2) is 4.98 Å². The number of carbonyl (C=O) groups is 2. The van der Waals surface area contributed by atoms with Crippen molar-refractivity contribution in [2.45, 2.75) is 6.54 Å². The maximum absolute atomic E-state index is 13.0. The molecule has 1 aliphatic heterocycles. The van der Waals surface area contributed by atoms with Crippen molar-refractivity contribution in [3.8, 4) is 11.1 Å². The molecular weight excluding hydrogens is 340 g/mol. The monoisotopic (exact) mass is 354 g/mol. The fraction of sp³-hybridized carbons (Fsp3) is 0.0476. The number of hydrogen-bond acceptors (Lipinski definition) is 4. The summed E-state index contributed by atoms with van der Waals surface area (Å²) in [5, 5.41) is 7.24. The first kappa shape index (κ1) is 15.5. The predicted molar refractivity (Wildman–Crippen MR) is 100.0 cm³/mol. The fourth-order valence-electron chi connectivity index (χ4n) is 3.54. The van der Waals surface area contributed by atoms with E-state index < -0.39 is 0 Å². The van der Waals surface area contributed by atoms with Crippen molar-refractivity contribution in [1.29, 1.82) is 0 Å². The molecule has 2 aromatic heterocycles. The predicted octanol–water partition coefficient (Wildman–Crippen LogP) is 3.42. The van der Waals surface area contributed by atoms with E-state index in [9.17, 15) is 9.59 Å². The summed E-state index contributed by atoms with van der Waals surface area (Å²) in [5.41, 5.74) is 4.16. The first-order valence-corrected chi connectivity index (χ1v) is 8.55. The zero-order valence-corrected chi connectivity index (χ0v) is 14.2. The van der Waals surface area contributed by atoms with Crippen LogP contribution in [0.5, 0.6) is 0 Å². The zero-order valence-electron chi connectivity index (χ0n) is 14.2. The second-order valence-corrected chi connectivity index (χ2v) is 6.40. The number of nitrogens with one attached hydrogen (secondary N) is 1.